The van der Waals surface area contributed by atoms with E-state index in [0.717, 1.165) is 64.9 Å². The second-order valence-electron chi connectivity index (χ2n) is 11.9. The fourth-order valence-electron chi connectivity index (χ4n) is 5.71. The van der Waals surface area contributed by atoms with Crippen LogP contribution in [0.25, 0.3) is 17.0 Å². The Kier molecular flexibility index (Phi) is 9.81. The maximum atomic E-state index is 13.6. The van der Waals surface area contributed by atoms with Crippen molar-refractivity contribution >= 4 is 40.2 Å². The summed E-state index contributed by atoms with van der Waals surface area (Å²) in [6.45, 7) is 2.31. The molecule has 2 aromatic heterocycles. The van der Waals surface area contributed by atoms with Crippen LogP contribution in [0.1, 0.15) is 34.3 Å². The normalized spacial score (nSPS) is 14.0. The van der Waals surface area contributed by atoms with Gasteiger partial charge in [0.2, 0.25) is 5.95 Å². The minimum Gasteiger partial charge on any atom is -0.372 e. The number of halogens is 2. The van der Waals surface area contributed by atoms with Crippen molar-refractivity contribution in [3.8, 4) is 0 Å². The first-order valence-electron chi connectivity index (χ1n) is 15.7. The van der Waals surface area contributed by atoms with Crippen molar-refractivity contribution < 1.29 is 13.6 Å². The van der Waals surface area contributed by atoms with Crippen molar-refractivity contribution in [2.45, 2.75) is 25.4 Å². The monoisotopic (exact) mass is 650 g/mol. The third-order valence-electron chi connectivity index (χ3n) is 8.53. The van der Waals surface area contributed by atoms with Crippen LogP contribution >= 0.6 is 0 Å². The topological polar surface area (TPSA) is 108 Å². The Labute approximate surface area is 276 Å². The van der Waals surface area contributed by atoms with Crippen molar-refractivity contribution in [3.05, 3.63) is 124 Å². The van der Waals surface area contributed by atoms with Gasteiger partial charge in [-0.15, -0.1) is 0 Å². The second-order valence-corrected chi connectivity index (χ2v) is 11.9. The first-order valence-corrected chi connectivity index (χ1v) is 15.7. The standard InChI is InChI=1S/C36H36F2N8O2/c1-44-18-14-29(15-19-44)45(2)28-9-7-27(8-10-28)42-36-40-22-26-20-24(6-12-33(26)43-36)4-3-16-39-34(47)30-13-17-41-46(35(30)48)23-25-5-11-31(37)32(38)21-25/h3-13,17,20-22,29H,14-16,18-19,23H2,1-2H3,(H,39,47)(H,40,42,43). The van der Waals surface area contributed by atoms with Gasteiger partial charge in [0.1, 0.15) is 5.56 Å². The summed E-state index contributed by atoms with van der Waals surface area (Å²) >= 11 is 0. The van der Waals surface area contributed by atoms with E-state index in [0.29, 0.717) is 17.6 Å². The molecule has 5 aromatic rings. The van der Waals surface area contributed by atoms with Crippen molar-refractivity contribution in [1.82, 2.24) is 30.0 Å². The van der Waals surface area contributed by atoms with E-state index in [2.05, 4.69) is 61.7 Å². The number of carbonyl (C=O) groups is 1. The molecule has 2 N–H and O–H groups in total. The average Bonchev–Trinajstić information content (AvgIpc) is 3.09. The fraction of sp³-hybridized carbons (Fsp3) is 0.250. The lowest BCUT2D eigenvalue weighted by molar-refractivity contribution is 0.0955. The maximum Gasteiger partial charge on any atom is 0.279 e. The van der Waals surface area contributed by atoms with Crippen LogP contribution in [-0.4, -0.2) is 70.3 Å². The summed E-state index contributed by atoms with van der Waals surface area (Å²) in [6.07, 6.45) is 9.02. The van der Waals surface area contributed by atoms with E-state index in [4.69, 9.17) is 0 Å². The number of aromatic nitrogens is 4. The first-order chi connectivity index (χ1) is 23.2. The van der Waals surface area contributed by atoms with Gasteiger partial charge in [0.05, 0.1) is 12.1 Å². The van der Waals surface area contributed by atoms with E-state index >= 15 is 0 Å². The van der Waals surface area contributed by atoms with Crippen molar-refractivity contribution in [2.24, 2.45) is 0 Å². The third-order valence-corrected chi connectivity index (χ3v) is 8.53. The quantitative estimate of drug-likeness (QED) is 0.212. The number of likely N-dealkylation sites (tertiary alicyclic amines) is 1. The molecule has 48 heavy (non-hydrogen) atoms. The molecule has 1 aliphatic rings. The maximum absolute atomic E-state index is 13.6. The minimum absolute atomic E-state index is 0.107. The SMILES string of the molecule is CN1CCC(N(C)c2ccc(Nc3ncc4cc(C=CCNC(=O)c5ccnn(Cc6ccc(F)c(F)c6)c5=O)ccc4n3)cc2)CC1. The minimum atomic E-state index is -1.02. The smallest absolute Gasteiger partial charge is 0.279 e. The number of anilines is 3. The van der Waals surface area contributed by atoms with E-state index < -0.39 is 23.1 Å². The van der Waals surface area contributed by atoms with Gasteiger partial charge < -0.3 is 20.4 Å². The summed E-state index contributed by atoms with van der Waals surface area (Å²) in [5.74, 6) is -2.07. The molecule has 0 radical (unpaired) electrons. The Morgan fingerprint density at radius 2 is 1.81 bits per heavy atom. The first kappa shape index (κ1) is 32.5. The van der Waals surface area contributed by atoms with E-state index in [-0.39, 0.29) is 18.7 Å². The molecular weight excluding hydrogens is 614 g/mol. The zero-order valence-electron chi connectivity index (χ0n) is 26.7. The summed E-state index contributed by atoms with van der Waals surface area (Å²) in [4.78, 5) is 39.4. The number of hydrogen-bond acceptors (Lipinski definition) is 8. The molecule has 246 valence electrons. The van der Waals surface area contributed by atoms with E-state index in [1.165, 1.54) is 24.0 Å². The number of benzene rings is 3. The van der Waals surface area contributed by atoms with Crippen LogP contribution in [0.15, 0.2) is 90.0 Å². The summed E-state index contributed by atoms with van der Waals surface area (Å²) in [5.41, 5.74) is 3.37. The molecule has 3 aromatic carbocycles. The number of carbonyl (C=O) groups excluding carboxylic acids is 1. The molecule has 0 aliphatic carbocycles. The van der Waals surface area contributed by atoms with E-state index in [9.17, 15) is 18.4 Å². The largest absolute Gasteiger partial charge is 0.372 e. The number of nitrogens with one attached hydrogen (secondary N) is 2. The molecular formula is C36H36F2N8O2. The molecule has 6 rings (SSSR count). The molecule has 0 spiro atoms. The number of hydrogen-bond donors (Lipinski definition) is 2. The lowest BCUT2D eigenvalue weighted by Gasteiger charge is -2.36. The van der Waals surface area contributed by atoms with Gasteiger partial charge in [0, 0.05) is 48.8 Å². The number of piperidine rings is 1. The van der Waals surface area contributed by atoms with Gasteiger partial charge in [-0.3, -0.25) is 9.59 Å². The van der Waals surface area contributed by atoms with Crippen molar-refractivity contribution in [2.75, 3.05) is 43.9 Å². The lowest BCUT2D eigenvalue weighted by atomic mass is 10.0. The number of fused-ring (bicyclic) bond motifs is 1. The van der Waals surface area contributed by atoms with Crippen LogP contribution < -0.4 is 21.1 Å². The molecule has 1 aliphatic heterocycles. The molecule has 1 amide bonds. The highest BCUT2D eigenvalue weighted by molar-refractivity contribution is 5.93. The van der Waals surface area contributed by atoms with Gasteiger partial charge in [0.25, 0.3) is 11.5 Å². The highest BCUT2D eigenvalue weighted by Crippen LogP contribution is 2.25. The van der Waals surface area contributed by atoms with Gasteiger partial charge in [0.15, 0.2) is 11.6 Å². The van der Waals surface area contributed by atoms with Crippen LogP contribution in [0.4, 0.5) is 26.1 Å². The van der Waals surface area contributed by atoms with Crippen molar-refractivity contribution in [1.29, 1.82) is 0 Å². The zero-order chi connectivity index (χ0) is 33.6. The number of amides is 1. The second kappa shape index (κ2) is 14.5. The fourth-order valence-corrected chi connectivity index (χ4v) is 5.71. The summed E-state index contributed by atoms with van der Waals surface area (Å²) in [7, 11) is 4.34. The van der Waals surface area contributed by atoms with Gasteiger partial charge in [-0.25, -0.2) is 23.4 Å². The number of nitrogens with zero attached hydrogens (tertiary/aromatic N) is 6. The predicted octanol–water partition coefficient (Wildman–Crippen LogP) is 5.23. The van der Waals surface area contributed by atoms with E-state index in [1.807, 2.05) is 36.4 Å². The molecule has 12 heteroatoms. The lowest BCUT2D eigenvalue weighted by Crippen LogP contribution is -2.41. The molecule has 1 saturated heterocycles. The van der Waals surface area contributed by atoms with Crippen LogP contribution in [0.2, 0.25) is 0 Å². The summed E-state index contributed by atoms with van der Waals surface area (Å²) < 4.78 is 27.8. The Morgan fingerprint density at radius 1 is 1.02 bits per heavy atom. The predicted molar refractivity (Wildman–Crippen MR) is 184 cm³/mol. The van der Waals surface area contributed by atoms with Gasteiger partial charge in [-0.2, -0.15) is 5.10 Å². The van der Waals surface area contributed by atoms with Crippen molar-refractivity contribution in [3.63, 3.8) is 0 Å². The zero-order valence-corrected chi connectivity index (χ0v) is 26.7. The molecule has 1 fully saturated rings. The highest BCUT2D eigenvalue weighted by atomic mass is 19.2. The van der Waals surface area contributed by atoms with Crippen LogP contribution in [0.3, 0.4) is 0 Å². The van der Waals surface area contributed by atoms with Gasteiger partial charge in [-0.05, 0) is 98.7 Å². The van der Waals surface area contributed by atoms with Crippen LogP contribution in [-0.2, 0) is 6.54 Å². The molecule has 10 nitrogen and oxygen atoms in total. The van der Waals surface area contributed by atoms with Crippen LogP contribution in [0.5, 0.6) is 0 Å². The van der Waals surface area contributed by atoms with Gasteiger partial charge in [-0.1, -0.05) is 24.3 Å². The Bertz CT molecular complexity index is 2010. The van der Waals surface area contributed by atoms with Gasteiger partial charge >= 0.3 is 0 Å². The average molecular weight is 651 g/mol. The summed E-state index contributed by atoms with van der Waals surface area (Å²) in [6, 6.07) is 19.3. The molecule has 3 heterocycles. The van der Waals surface area contributed by atoms with E-state index in [1.54, 1.807) is 12.3 Å². The Hall–Kier alpha value is -5.49. The molecule has 0 bridgehead atoms. The Balaban J connectivity index is 1.03. The van der Waals surface area contributed by atoms with Crippen LogP contribution in [0, 0.1) is 11.6 Å². The molecule has 0 atom stereocenters. The Morgan fingerprint density at radius 3 is 2.58 bits per heavy atom. The highest BCUT2D eigenvalue weighted by Gasteiger charge is 2.21. The molecule has 0 saturated carbocycles. The number of rotatable bonds is 10. The summed E-state index contributed by atoms with van der Waals surface area (Å²) in [5, 5.41) is 10.8. The third kappa shape index (κ3) is 7.72. The molecule has 0 unspecified atom stereocenters.